The van der Waals surface area contributed by atoms with Gasteiger partial charge in [0, 0.05) is 12.1 Å². The van der Waals surface area contributed by atoms with Crippen molar-refractivity contribution >= 4 is 5.84 Å². The third-order valence-electron chi connectivity index (χ3n) is 3.91. The molecule has 1 unspecified atom stereocenters. The summed E-state index contributed by atoms with van der Waals surface area (Å²) in [5.74, 6) is 0.807. The molecule has 0 radical (unpaired) electrons. The van der Waals surface area contributed by atoms with Crippen LogP contribution in [0.15, 0.2) is 29.3 Å². The molecule has 19 heavy (non-hydrogen) atoms. The molecule has 1 N–H and O–H groups in total. The first-order chi connectivity index (χ1) is 9.36. The second-order valence-corrected chi connectivity index (χ2v) is 5.21. The van der Waals surface area contributed by atoms with Gasteiger partial charge in [-0.25, -0.2) is 4.39 Å². The zero-order chi connectivity index (χ0) is 13.1. The lowest BCUT2D eigenvalue weighted by Crippen LogP contribution is -2.42. The average Bonchev–Trinajstić information content (AvgIpc) is 2.96. The summed E-state index contributed by atoms with van der Waals surface area (Å²) < 4.78 is 14.1. The summed E-state index contributed by atoms with van der Waals surface area (Å²) in [4.78, 5) is 6.89. The third-order valence-corrected chi connectivity index (χ3v) is 3.91. The summed E-state index contributed by atoms with van der Waals surface area (Å²) in [6.45, 7) is 3.72. The molecule has 4 heteroatoms. The van der Waals surface area contributed by atoms with Crippen LogP contribution in [-0.4, -0.2) is 36.9 Å². The molecule has 0 bridgehead atoms. The molecule has 0 aliphatic carbocycles. The lowest BCUT2D eigenvalue weighted by Gasteiger charge is -2.35. The minimum atomic E-state index is -0.130. The standard InChI is InChI=1S/C15H20FN3/c16-13-7-3-2-6-12(13)14(15-17-8-9-18-15)19-10-4-1-5-11-19/h2-3,6-7,14H,1,4-5,8-11H2,(H,17,18). The molecule has 1 fully saturated rings. The van der Waals surface area contributed by atoms with Gasteiger partial charge in [0.2, 0.25) is 0 Å². The maximum Gasteiger partial charge on any atom is 0.128 e. The number of hydrogen-bond acceptors (Lipinski definition) is 3. The highest BCUT2D eigenvalue weighted by molar-refractivity contribution is 5.89. The van der Waals surface area contributed by atoms with Crippen molar-refractivity contribution in [3.05, 3.63) is 35.6 Å². The Morgan fingerprint density at radius 3 is 2.63 bits per heavy atom. The second-order valence-electron chi connectivity index (χ2n) is 5.21. The van der Waals surface area contributed by atoms with E-state index in [9.17, 15) is 4.39 Å². The molecule has 0 aromatic heterocycles. The van der Waals surface area contributed by atoms with Crippen molar-refractivity contribution in [2.24, 2.45) is 4.99 Å². The van der Waals surface area contributed by atoms with Crippen LogP contribution in [-0.2, 0) is 0 Å². The molecular weight excluding hydrogens is 241 g/mol. The van der Waals surface area contributed by atoms with Gasteiger partial charge >= 0.3 is 0 Å². The van der Waals surface area contributed by atoms with Gasteiger partial charge < -0.3 is 5.32 Å². The van der Waals surface area contributed by atoms with Crippen LogP contribution in [0.4, 0.5) is 4.39 Å². The van der Waals surface area contributed by atoms with Crippen LogP contribution in [0, 0.1) is 5.82 Å². The fourth-order valence-electron chi connectivity index (χ4n) is 2.99. The van der Waals surface area contributed by atoms with E-state index in [2.05, 4.69) is 15.2 Å². The number of rotatable bonds is 3. The average molecular weight is 261 g/mol. The van der Waals surface area contributed by atoms with Gasteiger partial charge in [0.1, 0.15) is 11.7 Å². The van der Waals surface area contributed by atoms with E-state index in [1.165, 1.54) is 19.3 Å². The Morgan fingerprint density at radius 2 is 1.95 bits per heavy atom. The number of nitrogens with one attached hydrogen (secondary N) is 1. The Bertz CT molecular complexity index is 466. The van der Waals surface area contributed by atoms with Gasteiger partial charge in [-0.3, -0.25) is 9.89 Å². The molecule has 1 aromatic carbocycles. The maximum absolute atomic E-state index is 14.1. The lowest BCUT2D eigenvalue weighted by atomic mass is 10.00. The van der Waals surface area contributed by atoms with Gasteiger partial charge in [-0.15, -0.1) is 0 Å². The summed E-state index contributed by atoms with van der Waals surface area (Å²) in [6, 6.07) is 7.05. The lowest BCUT2D eigenvalue weighted by molar-refractivity contribution is 0.198. The molecule has 2 aliphatic heterocycles. The van der Waals surface area contributed by atoms with E-state index in [1.807, 2.05) is 12.1 Å². The normalized spacial score (nSPS) is 21.8. The van der Waals surface area contributed by atoms with E-state index in [4.69, 9.17) is 0 Å². The molecule has 2 aliphatic rings. The minimum Gasteiger partial charge on any atom is -0.370 e. The number of piperidine rings is 1. The highest BCUT2D eigenvalue weighted by Gasteiger charge is 2.30. The van der Waals surface area contributed by atoms with Crippen LogP contribution in [0.5, 0.6) is 0 Å². The van der Waals surface area contributed by atoms with Crippen molar-refractivity contribution in [2.45, 2.75) is 25.3 Å². The van der Waals surface area contributed by atoms with E-state index in [0.29, 0.717) is 0 Å². The van der Waals surface area contributed by atoms with Gasteiger partial charge in [0.15, 0.2) is 0 Å². The number of likely N-dealkylation sites (tertiary alicyclic amines) is 1. The summed E-state index contributed by atoms with van der Waals surface area (Å²) >= 11 is 0. The van der Waals surface area contributed by atoms with Crippen LogP contribution < -0.4 is 5.32 Å². The molecule has 102 valence electrons. The predicted molar refractivity (Wildman–Crippen MR) is 74.9 cm³/mol. The first kappa shape index (κ1) is 12.6. The molecule has 3 nitrogen and oxygen atoms in total. The smallest absolute Gasteiger partial charge is 0.128 e. The van der Waals surface area contributed by atoms with Gasteiger partial charge in [-0.05, 0) is 32.0 Å². The van der Waals surface area contributed by atoms with Crippen molar-refractivity contribution in [3.8, 4) is 0 Å². The first-order valence-corrected chi connectivity index (χ1v) is 7.13. The molecule has 3 rings (SSSR count). The summed E-state index contributed by atoms with van der Waals surface area (Å²) in [6.07, 6.45) is 3.66. The molecule has 2 heterocycles. The van der Waals surface area contributed by atoms with Gasteiger partial charge in [-0.1, -0.05) is 24.6 Å². The molecule has 1 atom stereocenters. The highest BCUT2D eigenvalue weighted by atomic mass is 19.1. The number of amidine groups is 1. The molecule has 1 aromatic rings. The Labute approximate surface area is 113 Å². The van der Waals surface area contributed by atoms with Gasteiger partial charge in [-0.2, -0.15) is 0 Å². The quantitative estimate of drug-likeness (QED) is 0.904. The fourth-order valence-corrected chi connectivity index (χ4v) is 2.99. The third kappa shape index (κ3) is 2.63. The van der Waals surface area contributed by atoms with E-state index in [-0.39, 0.29) is 11.9 Å². The molecule has 0 saturated carbocycles. The van der Waals surface area contributed by atoms with Crippen molar-refractivity contribution in [1.82, 2.24) is 10.2 Å². The minimum absolute atomic E-state index is 0.0380. The number of halogens is 1. The van der Waals surface area contributed by atoms with Crippen LogP contribution in [0.25, 0.3) is 0 Å². The van der Waals surface area contributed by atoms with Gasteiger partial charge in [0.25, 0.3) is 0 Å². The Kier molecular flexibility index (Phi) is 3.78. The summed E-state index contributed by atoms with van der Waals surface area (Å²) in [7, 11) is 0. The largest absolute Gasteiger partial charge is 0.370 e. The van der Waals surface area contributed by atoms with E-state index in [0.717, 1.165) is 37.6 Å². The van der Waals surface area contributed by atoms with Gasteiger partial charge in [0.05, 0.1) is 12.6 Å². The van der Waals surface area contributed by atoms with E-state index < -0.39 is 0 Å². The van der Waals surface area contributed by atoms with E-state index >= 15 is 0 Å². The predicted octanol–water partition coefficient (Wildman–Crippen LogP) is 2.35. The number of benzene rings is 1. The second kappa shape index (κ2) is 5.70. The van der Waals surface area contributed by atoms with Crippen LogP contribution in [0.3, 0.4) is 0 Å². The molecule has 0 amide bonds. The van der Waals surface area contributed by atoms with Crippen molar-refractivity contribution in [2.75, 3.05) is 26.2 Å². The topological polar surface area (TPSA) is 27.6 Å². The number of aliphatic imine (C=N–C) groups is 1. The monoisotopic (exact) mass is 261 g/mol. The van der Waals surface area contributed by atoms with E-state index in [1.54, 1.807) is 12.1 Å². The Balaban J connectivity index is 1.93. The zero-order valence-electron chi connectivity index (χ0n) is 11.1. The Hall–Kier alpha value is -1.42. The fraction of sp³-hybridized carbons (Fsp3) is 0.533. The Morgan fingerprint density at radius 1 is 1.16 bits per heavy atom. The van der Waals surface area contributed by atoms with Crippen LogP contribution in [0.2, 0.25) is 0 Å². The van der Waals surface area contributed by atoms with Crippen LogP contribution >= 0.6 is 0 Å². The number of hydrogen-bond donors (Lipinski definition) is 1. The molecule has 0 spiro atoms. The van der Waals surface area contributed by atoms with Crippen molar-refractivity contribution in [1.29, 1.82) is 0 Å². The number of nitrogens with zero attached hydrogens (tertiary/aromatic N) is 2. The molecule has 1 saturated heterocycles. The van der Waals surface area contributed by atoms with Crippen LogP contribution in [0.1, 0.15) is 30.9 Å². The maximum atomic E-state index is 14.1. The zero-order valence-corrected chi connectivity index (χ0v) is 11.1. The molecular formula is C15H20FN3. The van der Waals surface area contributed by atoms with Crippen molar-refractivity contribution in [3.63, 3.8) is 0 Å². The summed E-state index contributed by atoms with van der Waals surface area (Å²) in [5, 5.41) is 3.32. The summed E-state index contributed by atoms with van der Waals surface area (Å²) in [5.41, 5.74) is 0.748. The SMILES string of the molecule is Fc1ccccc1C(C1=NCCN1)N1CCCCC1. The van der Waals surface area contributed by atoms with Crippen molar-refractivity contribution < 1.29 is 4.39 Å². The first-order valence-electron chi connectivity index (χ1n) is 7.13. The highest BCUT2D eigenvalue weighted by Crippen LogP contribution is 2.28.